The van der Waals surface area contributed by atoms with Crippen LogP contribution in [0, 0.1) is 13.8 Å². The number of nitrogens with zero attached hydrogens (tertiary/aromatic N) is 2. The highest BCUT2D eigenvalue weighted by atomic mass is 15.1. The number of aryl methyl sites for hydroxylation is 6. The molecule has 274 valence electrons. The maximum absolute atomic E-state index is 2.54. The van der Waals surface area contributed by atoms with E-state index in [-0.39, 0.29) is 0 Å². The zero-order chi connectivity index (χ0) is 38.1. The maximum Gasteiger partial charge on any atom is 0.0715 e. The largest absolute Gasteiger partial charge is 0.310 e. The Balaban J connectivity index is 1.21. The summed E-state index contributed by atoms with van der Waals surface area (Å²) in [6, 6.07) is 68.8. The van der Waals surface area contributed by atoms with Gasteiger partial charge in [-0.15, -0.1) is 0 Å². The molecule has 0 saturated carbocycles. The third kappa shape index (κ3) is 5.39. The first-order valence-electron chi connectivity index (χ1n) is 20.4. The average Bonchev–Trinajstić information content (AvgIpc) is 3.50. The van der Waals surface area contributed by atoms with Crippen molar-refractivity contribution in [2.24, 2.45) is 0 Å². The summed E-state index contributed by atoms with van der Waals surface area (Å²) in [5, 5.41) is 0. The Morgan fingerprint density at radius 3 is 1.25 bits per heavy atom. The van der Waals surface area contributed by atoms with E-state index >= 15 is 0 Å². The van der Waals surface area contributed by atoms with Crippen LogP contribution >= 0.6 is 0 Å². The molecule has 0 atom stereocenters. The zero-order valence-electron chi connectivity index (χ0n) is 32.5. The summed E-state index contributed by atoms with van der Waals surface area (Å²) in [6.45, 7) is 4.34. The van der Waals surface area contributed by atoms with Crippen LogP contribution in [0.1, 0.15) is 55.6 Å². The smallest absolute Gasteiger partial charge is 0.0715 e. The molecule has 0 heterocycles. The lowest BCUT2D eigenvalue weighted by molar-refractivity contribution is 0.740. The normalized spacial score (nSPS) is 14.0. The molecule has 0 N–H and O–H groups in total. The quantitative estimate of drug-likeness (QED) is 0.153. The van der Waals surface area contributed by atoms with Crippen LogP contribution in [0.2, 0.25) is 0 Å². The lowest BCUT2D eigenvalue weighted by Crippen LogP contribution is -2.31. The highest BCUT2D eigenvalue weighted by Crippen LogP contribution is 2.59. The van der Waals surface area contributed by atoms with Crippen molar-refractivity contribution in [1.29, 1.82) is 0 Å². The summed E-state index contributed by atoms with van der Waals surface area (Å²) in [6.07, 6.45) is 4.59. The molecule has 0 fully saturated rings. The van der Waals surface area contributed by atoms with E-state index in [1.165, 1.54) is 66.8 Å². The second-order valence-corrected chi connectivity index (χ2v) is 16.2. The Hall–Kier alpha value is -6.64. The minimum absolute atomic E-state index is 0.545. The van der Waals surface area contributed by atoms with Crippen molar-refractivity contribution >= 4 is 34.1 Å². The fourth-order valence-corrected chi connectivity index (χ4v) is 9.73. The Morgan fingerprint density at radius 1 is 0.333 bits per heavy atom. The fraction of sp³-hybridized carbons (Fsp3) is 0.127. The van der Waals surface area contributed by atoms with Crippen molar-refractivity contribution in [2.75, 3.05) is 9.80 Å². The van der Waals surface area contributed by atoms with Crippen molar-refractivity contribution in [3.05, 3.63) is 238 Å². The van der Waals surface area contributed by atoms with Crippen LogP contribution < -0.4 is 9.80 Å². The fourth-order valence-electron chi connectivity index (χ4n) is 9.73. The van der Waals surface area contributed by atoms with Crippen molar-refractivity contribution in [3.8, 4) is 11.1 Å². The second kappa shape index (κ2) is 13.2. The first-order valence-corrected chi connectivity index (χ1v) is 20.4. The highest BCUT2D eigenvalue weighted by Gasteiger charge is 2.48. The monoisotopic (exact) mass is 732 g/mol. The molecule has 0 amide bonds. The molecule has 0 aliphatic heterocycles. The molecule has 0 unspecified atom stereocenters. The molecule has 11 rings (SSSR count). The molecule has 8 aromatic rings. The maximum atomic E-state index is 2.54. The predicted octanol–water partition coefficient (Wildman–Crippen LogP) is 13.8. The summed E-state index contributed by atoms with van der Waals surface area (Å²) in [5.74, 6) is 0. The van der Waals surface area contributed by atoms with Gasteiger partial charge < -0.3 is 9.80 Å². The van der Waals surface area contributed by atoms with Gasteiger partial charge in [0.1, 0.15) is 0 Å². The minimum Gasteiger partial charge on any atom is -0.310 e. The number of hydrogen-bond donors (Lipinski definition) is 0. The molecule has 57 heavy (non-hydrogen) atoms. The molecule has 2 nitrogen and oxygen atoms in total. The van der Waals surface area contributed by atoms with Gasteiger partial charge in [0.15, 0.2) is 0 Å². The van der Waals surface area contributed by atoms with Crippen molar-refractivity contribution < 1.29 is 0 Å². The van der Waals surface area contributed by atoms with E-state index < -0.39 is 5.41 Å². The van der Waals surface area contributed by atoms with E-state index in [0.29, 0.717) is 0 Å². The van der Waals surface area contributed by atoms with Gasteiger partial charge in [-0.2, -0.15) is 0 Å². The lowest BCUT2D eigenvalue weighted by Gasteiger charge is -2.38. The first-order chi connectivity index (χ1) is 28.0. The predicted molar refractivity (Wildman–Crippen MR) is 237 cm³/mol. The molecule has 0 spiro atoms. The number of benzene rings is 8. The lowest BCUT2D eigenvalue weighted by atomic mass is 9.65. The van der Waals surface area contributed by atoms with Crippen LogP contribution in [0.5, 0.6) is 0 Å². The molecule has 3 aliphatic carbocycles. The molecule has 0 saturated heterocycles. The van der Waals surface area contributed by atoms with Crippen LogP contribution in [0.4, 0.5) is 34.1 Å². The van der Waals surface area contributed by atoms with Gasteiger partial charge in [-0.3, -0.25) is 0 Å². The van der Waals surface area contributed by atoms with Gasteiger partial charge in [0.2, 0.25) is 0 Å². The molecular weight excluding hydrogens is 689 g/mol. The molecule has 2 heteroatoms. The van der Waals surface area contributed by atoms with E-state index in [1.54, 1.807) is 0 Å². The highest BCUT2D eigenvalue weighted by molar-refractivity contribution is 5.92. The first kappa shape index (κ1) is 33.7. The van der Waals surface area contributed by atoms with Gasteiger partial charge in [0, 0.05) is 34.1 Å². The van der Waals surface area contributed by atoms with Gasteiger partial charge in [0.05, 0.1) is 5.41 Å². The molecular formula is C55H44N2. The molecule has 0 bridgehead atoms. The Kier molecular flexibility index (Phi) is 7.83. The third-order valence-electron chi connectivity index (χ3n) is 12.8. The summed E-state index contributed by atoms with van der Waals surface area (Å²) in [5.41, 5.74) is 22.7. The van der Waals surface area contributed by atoms with E-state index in [1.807, 2.05) is 0 Å². The Labute approximate surface area is 336 Å². The van der Waals surface area contributed by atoms with Crippen LogP contribution in [0.3, 0.4) is 0 Å². The van der Waals surface area contributed by atoms with Gasteiger partial charge in [-0.25, -0.2) is 0 Å². The van der Waals surface area contributed by atoms with Gasteiger partial charge >= 0.3 is 0 Å². The zero-order valence-corrected chi connectivity index (χ0v) is 32.5. The minimum atomic E-state index is -0.545. The van der Waals surface area contributed by atoms with E-state index in [9.17, 15) is 0 Å². The standard InChI is InChI=1S/C55H44N2/c1-37-16-26-47(27-17-37)56(45-11-5-3-6-12-45)49-28-30-51-52-31-29-50(57(46-13-7-4-8-14-46)48-15-9-10-38(2)32-48)36-54(52)55(53(51)35-49,43-24-22-39-18-20-41(39)33-43)44-25-23-40-19-21-42(40)34-44/h3-17,22-36H,18-21H2,1-2H3. The van der Waals surface area contributed by atoms with E-state index in [4.69, 9.17) is 0 Å². The second-order valence-electron chi connectivity index (χ2n) is 16.2. The van der Waals surface area contributed by atoms with Crippen LogP contribution in [-0.2, 0) is 31.1 Å². The van der Waals surface area contributed by atoms with Crippen LogP contribution in [-0.4, -0.2) is 0 Å². The number of anilines is 6. The molecule has 0 aromatic heterocycles. The van der Waals surface area contributed by atoms with Crippen molar-refractivity contribution in [2.45, 2.75) is 44.9 Å². The Morgan fingerprint density at radius 2 is 0.772 bits per heavy atom. The topological polar surface area (TPSA) is 6.48 Å². The number of fused-ring (bicyclic) bond motifs is 5. The number of para-hydroxylation sites is 2. The number of rotatable bonds is 8. The molecule has 3 aliphatic rings. The summed E-state index contributed by atoms with van der Waals surface area (Å²) < 4.78 is 0. The van der Waals surface area contributed by atoms with Crippen LogP contribution in [0.25, 0.3) is 11.1 Å². The molecule has 8 aromatic carbocycles. The number of hydrogen-bond acceptors (Lipinski definition) is 2. The van der Waals surface area contributed by atoms with Gasteiger partial charge in [-0.05, 0) is 174 Å². The van der Waals surface area contributed by atoms with Crippen molar-refractivity contribution in [3.63, 3.8) is 0 Å². The van der Waals surface area contributed by atoms with Gasteiger partial charge in [-0.1, -0.05) is 115 Å². The summed E-state index contributed by atoms with van der Waals surface area (Å²) in [4.78, 5) is 4.85. The van der Waals surface area contributed by atoms with E-state index in [2.05, 4.69) is 206 Å². The third-order valence-corrected chi connectivity index (χ3v) is 12.8. The average molecular weight is 733 g/mol. The Bertz CT molecular complexity index is 2760. The van der Waals surface area contributed by atoms with Crippen LogP contribution in [0.15, 0.2) is 182 Å². The SMILES string of the molecule is Cc1ccc(N(c2ccccc2)c2ccc3c(c2)C(c2ccc4c(c2)CC4)(c2ccc4c(c2)CC4)c2cc(N(c4ccccc4)c4cccc(C)c4)ccc2-3)cc1. The van der Waals surface area contributed by atoms with E-state index in [0.717, 1.165) is 59.8 Å². The summed E-state index contributed by atoms with van der Waals surface area (Å²) in [7, 11) is 0. The van der Waals surface area contributed by atoms with Crippen molar-refractivity contribution in [1.82, 2.24) is 0 Å². The molecule has 0 radical (unpaired) electrons. The summed E-state index contributed by atoms with van der Waals surface area (Å²) >= 11 is 0. The van der Waals surface area contributed by atoms with Gasteiger partial charge in [0.25, 0.3) is 0 Å².